The summed E-state index contributed by atoms with van der Waals surface area (Å²) >= 11 is 0. The maximum Gasteiger partial charge on any atom is 0.260 e. The monoisotopic (exact) mass is 340 g/mol. The maximum absolute atomic E-state index is 12.3. The van der Waals surface area contributed by atoms with Crippen LogP contribution in [-0.4, -0.2) is 50.2 Å². The summed E-state index contributed by atoms with van der Waals surface area (Å²) in [7, 11) is 1.60. The molecule has 1 aromatic carbocycles. The molecular formula is C17H25ClN2O3. The number of carbonyl (C=O) groups excluding carboxylic acids is 1. The van der Waals surface area contributed by atoms with E-state index in [4.69, 9.17) is 9.47 Å². The summed E-state index contributed by atoms with van der Waals surface area (Å²) in [5.41, 5.74) is 1.10. The summed E-state index contributed by atoms with van der Waals surface area (Å²) in [6.07, 6.45) is 2.61. The van der Waals surface area contributed by atoms with Crippen molar-refractivity contribution in [3.8, 4) is 11.5 Å². The van der Waals surface area contributed by atoms with Crippen LogP contribution in [0.5, 0.6) is 11.5 Å². The molecule has 5 nitrogen and oxygen atoms in total. The number of piperazine rings is 1. The van der Waals surface area contributed by atoms with Gasteiger partial charge < -0.3 is 19.7 Å². The normalized spacial score (nSPS) is 17.1. The van der Waals surface area contributed by atoms with Crippen molar-refractivity contribution in [3.63, 3.8) is 0 Å². The molecule has 128 valence electrons. The van der Waals surface area contributed by atoms with Gasteiger partial charge in [0.25, 0.3) is 5.91 Å². The highest BCUT2D eigenvalue weighted by atomic mass is 35.5. The number of ether oxygens (including phenoxy) is 2. The molecule has 1 amide bonds. The molecule has 0 aromatic heterocycles. The lowest BCUT2D eigenvalue weighted by atomic mass is 10.1. The zero-order chi connectivity index (χ0) is 15.9. The van der Waals surface area contributed by atoms with Gasteiger partial charge in [0, 0.05) is 25.7 Å². The number of benzene rings is 1. The third-order valence-corrected chi connectivity index (χ3v) is 3.78. The summed E-state index contributed by atoms with van der Waals surface area (Å²) < 4.78 is 11.0. The minimum Gasteiger partial charge on any atom is -0.493 e. The Bertz CT molecular complexity index is 537. The van der Waals surface area contributed by atoms with Gasteiger partial charge in [0.15, 0.2) is 18.1 Å². The van der Waals surface area contributed by atoms with Crippen molar-refractivity contribution in [2.75, 3.05) is 33.4 Å². The Balaban J connectivity index is 0.00000264. The van der Waals surface area contributed by atoms with Crippen LogP contribution >= 0.6 is 12.4 Å². The lowest BCUT2D eigenvalue weighted by Crippen LogP contribution is -2.53. The first-order chi connectivity index (χ1) is 10.7. The number of rotatable bonds is 6. The molecule has 2 rings (SSSR count). The second kappa shape index (κ2) is 9.43. The molecule has 1 aliphatic rings. The van der Waals surface area contributed by atoms with E-state index >= 15 is 0 Å². The third-order valence-electron chi connectivity index (χ3n) is 3.78. The molecule has 1 aromatic rings. The summed E-state index contributed by atoms with van der Waals surface area (Å²) in [5, 5.41) is 3.27. The van der Waals surface area contributed by atoms with Crippen molar-refractivity contribution >= 4 is 18.3 Å². The molecule has 0 saturated carbocycles. The van der Waals surface area contributed by atoms with E-state index in [1.165, 1.54) is 0 Å². The van der Waals surface area contributed by atoms with Gasteiger partial charge in [-0.25, -0.2) is 0 Å². The Kier molecular flexibility index (Phi) is 7.92. The van der Waals surface area contributed by atoms with E-state index in [9.17, 15) is 4.79 Å². The average Bonchev–Trinajstić information content (AvgIpc) is 2.54. The summed E-state index contributed by atoms with van der Waals surface area (Å²) in [6.45, 7) is 8.17. The molecule has 0 aliphatic carbocycles. The molecule has 1 N–H and O–H groups in total. The fourth-order valence-electron chi connectivity index (χ4n) is 2.56. The van der Waals surface area contributed by atoms with Crippen LogP contribution in [-0.2, 0) is 11.2 Å². The fraction of sp³-hybridized carbons (Fsp3) is 0.471. The lowest BCUT2D eigenvalue weighted by Gasteiger charge is -2.33. The highest BCUT2D eigenvalue weighted by molar-refractivity contribution is 5.85. The van der Waals surface area contributed by atoms with Gasteiger partial charge in [0.05, 0.1) is 7.11 Å². The zero-order valence-electron chi connectivity index (χ0n) is 13.7. The Hall–Kier alpha value is -1.72. The molecule has 1 fully saturated rings. The van der Waals surface area contributed by atoms with Gasteiger partial charge in [0.2, 0.25) is 0 Å². The SMILES string of the molecule is C=CCc1ccc(OCC(=O)N2CCNCC2C)c(OC)c1.Cl. The first kappa shape index (κ1) is 19.3. The summed E-state index contributed by atoms with van der Waals surface area (Å²) in [6, 6.07) is 5.90. The van der Waals surface area contributed by atoms with Crippen LogP contribution in [0.3, 0.4) is 0 Å². The van der Waals surface area contributed by atoms with Crippen molar-refractivity contribution in [2.45, 2.75) is 19.4 Å². The smallest absolute Gasteiger partial charge is 0.260 e. The topological polar surface area (TPSA) is 50.8 Å². The molecule has 1 saturated heterocycles. The molecule has 23 heavy (non-hydrogen) atoms. The van der Waals surface area contributed by atoms with Crippen molar-refractivity contribution < 1.29 is 14.3 Å². The number of methoxy groups -OCH3 is 1. The molecule has 1 atom stereocenters. The predicted molar refractivity (Wildman–Crippen MR) is 93.7 cm³/mol. The molecular weight excluding hydrogens is 316 g/mol. The number of nitrogens with one attached hydrogen (secondary N) is 1. The van der Waals surface area contributed by atoms with Crippen molar-refractivity contribution in [1.82, 2.24) is 10.2 Å². The molecule has 1 aliphatic heterocycles. The van der Waals surface area contributed by atoms with E-state index in [2.05, 4.69) is 11.9 Å². The zero-order valence-corrected chi connectivity index (χ0v) is 14.5. The molecule has 1 heterocycles. The highest BCUT2D eigenvalue weighted by Gasteiger charge is 2.23. The Morgan fingerprint density at radius 2 is 2.26 bits per heavy atom. The van der Waals surface area contributed by atoms with Crippen LogP contribution < -0.4 is 14.8 Å². The molecule has 1 unspecified atom stereocenters. The highest BCUT2D eigenvalue weighted by Crippen LogP contribution is 2.28. The number of halogens is 1. The van der Waals surface area contributed by atoms with Crippen LogP contribution in [0.2, 0.25) is 0 Å². The first-order valence-electron chi connectivity index (χ1n) is 7.56. The number of nitrogens with zero attached hydrogens (tertiary/aromatic N) is 1. The van der Waals surface area contributed by atoms with Gasteiger partial charge in [-0.1, -0.05) is 12.1 Å². The fourth-order valence-corrected chi connectivity index (χ4v) is 2.56. The van der Waals surface area contributed by atoms with Crippen LogP contribution in [0.4, 0.5) is 0 Å². The van der Waals surface area contributed by atoms with Gasteiger partial charge >= 0.3 is 0 Å². The van der Waals surface area contributed by atoms with Gasteiger partial charge in [-0.05, 0) is 31.0 Å². The van der Waals surface area contributed by atoms with E-state index in [0.29, 0.717) is 11.5 Å². The van der Waals surface area contributed by atoms with Crippen molar-refractivity contribution in [2.24, 2.45) is 0 Å². The van der Waals surface area contributed by atoms with Crippen LogP contribution in [0.1, 0.15) is 12.5 Å². The number of hydrogen-bond donors (Lipinski definition) is 1. The molecule has 0 radical (unpaired) electrons. The van der Waals surface area contributed by atoms with Gasteiger partial charge in [-0.2, -0.15) is 0 Å². The minimum absolute atomic E-state index is 0. The largest absolute Gasteiger partial charge is 0.493 e. The molecule has 0 spiro atoms. The van der Waals surface area contributed by atoms with Gasteiger partial charge in [0.1, 0.15) is 0 Å². The second-order valence-electron chi connectivity index (χ2n) is 5.41. The van der Waals surface area contributed by atoms with E-state index in [1.807, 2.05) is 36.1 Å². The standard InChI is InChI=1S/C17H24N2O3.ClH/c1-4-5-14-6-7-15(16(10-14)21-3)22-12-17(20)19-9-8-18-11-13(19)2;/h4,6-7,10,13,18H,1,5,8-9,11-12H2,2-3H3;1H. The van der Waals surface area contributed by atoms with E-state index in [-0.39, 0.29) is 31.0 Å². The van der Waals surface area contributed by atoms with E-state index < -0.39 is 0 Å². The lowest BCUT2D eigenvalue weighted by molar-refractivity contribution is -0.136. The second-order valence-corrected chi connectivity index (χ2v) is 5.41. The van der Waals surface area contributed by atoms with Crippen LogP contribution in [0.25, 0.3) is 0 Å². The Morgan fingerprint density at radius 1 is 1.48 bits per heavy atom. The number of allylic oxidation sites excluding steroid dienone is 1. The number of carbonyl (C=O) groups is 1. The van der Waals surface area contributed by atoms with E-state index in [0.717, 1.165) is 31.6 Å². The van der Waals surface area contributed by atoms with Gasteiger partial charge in [-0.15, -0.1) is 19.0 Å². The average molecular weight is 341 g/mol. The van der Waals surface area contributed by atoms with E-state index in [1.54, 1.807) is 7.11 Å². The number of amides is 1. The molecule has 0 bridgehead atoms. The minimum atomic E-state index is 0. The summed E-state index contributed by atoms with van der Waals surface area (Å²) in [4.78, 5) is 14.1. The number of hydrogen-bond acceptors (Lipinski definition) is 4. The predicted octanol–water partition coefficient (Wildman–Crippen LogP) is 2.04. The first-order valence-corrected chi connectivity index (χ1v) is 7.56. The maximum atomic E-state index is 12.3. The van der Waals surface area contributed by atoms with Crippen LogP contribution in [0, 0.1) is 0 Å². The van der Waals surface area contributed by atoms with Crippen molar-refractivity contribution in [3.05, 3.63) is 36.4 Å². The quantitative estimate of drug-likeness (QED) is 0.805. The third kappa shape index (κ3) is 5.15. The van der Waals surface area contributed by atoms with Crippen LogP contribution in [0.15, 0.2) is 30.9 Å². The molecule has 6 heteroatoms. The Morgan fingerprint density at radius 3 is 2.91 bits per heavy atom. The van der Waals surface area contributed by atoms with Gasteiger partial charge in [-0.3, -0.25) is 4.79 Å². The Labute approximate surface area is 144 Å². The summed E-state index contributed by atoms with van der Waals surface area (Å²) in [5.74, 6) is 1.23. The van der Waals surface area contributed by atoms with Crippen molar-refractivity contribution in [1.29, 1.82) is 0 Å².